The van der Waals surface area contributed by atoms with Crippen molar-refractivity contribution in [1.82, 2.24) is 0 Å². The number of aliphatic hydroxyl groups is 1. The van der Waals surface area contributed by atoms with E-state index in [0.29, 0.717) is 0 Å². The maximum Gasteiger partial charge on any atom is 0.145 e. The number of carbonyl (C=O) groups is 1. The smallest absolute Gasteiger partial charge is 0.145 e. The van der Waals surface area contributed by atoms with Crippen LogP contribution in [0.3, 0.4) is 0 Å². The van der Waals surface area contributed by atoms with E-state index in [2.05, 4.69) is 0 Å². The summed E-state index contributed by atoms with van der Waals surface area (Å²) in [4.78, 5) is 9.89. The van der Waals surface area contributed by atoms with Crippen LogP contribution in [0.4, 0.5) is 0 Å². The second-order valence-corrected chi connectivity index (χ2v) is 2.63. The quantitative estimate of drug-likeness (QED) is 0.654. The molecule has 1 aliphatic heterocycles. The zero-order chi connectivity index (χ0) is 9.94. The predicted octanol–water partition coefficient (Wildman–Crippen LogP) is 0.379. The fraction of sp³-hybridized carbons (Fsp3) is 0.889. The van der Waals surface area contributed by atoms with Crippen molar-refractivity contribution in [2.24, 2.45) is 0 Å². The summed E-state index contributed by atoms with van der Waals surface area (Å²) in [6.07, 6.45) is 2.89. The van der Waals surface area contributed by atoms with E-state index in [0.717, 1.165) is 32.3 Å². The van der Waals surface area contributed by atoms with Crippen molar-refractivity contribution < 1.29 is 19.4 Å². The van der Waals surface area contributed by atoms with Crippen LogP contribution in [0.15, 0.2) is 0 Å². The van der Waals surface area contributed by atoms with Gasteiger partial charge in [0.15, 0.2) is 0 Å². The molecule has 0 spiro atoms. The Morgan fingerprint density at radius 1 is 1.54 bits per heavy atom. The summed E-state index contributed by atoms with van der Waals surface area (Å²) >= 11 is 0. The van der Waals surface area contributed by atoms with Crippen molar-refractivity contribution in [1.29, 1.82) is 0 Å². The molecule has 1 saturated heterocycles. The highest BCUT2D eigenvalue weighted by Crippen LogP contribution is 2.09. The van der Waals surface area contributed by atoms with Crippen molar-refractivity contribution in [3.05, 3.63) is 0 Å². The molecule has 0 atom stereocenters. The van der Waals surface area contributed by atoms with Gasteiger partial charge < -0.3 is 19.4 Å². The Morgan fingerprint density at radius 2 is 2.08 bits per heavy atom. The topological polar surface area (TPSA) is 55.8 Å². The first-order chi connectivity index (χ1) is 6.35. The molecule has 1 heterocycles. The minimum Gasteiger partial charge on any atom is -0.397 e. The number of hydrogen-bond donors (Lipinski definition) is 1. The van der Waals surface area contributed by atoms with Crippen LogP contribution < -0.4 is 0 Å². The van der Waals surface area contributed by atoms with Crippen molar-refractivity contribution in [2.45, 2.75) is 25.9 Å². The average molecular weight is 190 g/mol. The highest BCUT2D eigenvalue weighted by atomic mass is 16.5. The van der Waals surface area contributed by atoms with E-state index in [-0.39, 0.29) is 19.3 Å². The lowest BCUT2D eigenvalue weighted by atomic mass is 10.2. The van der Waals surface area contributed by atoms with Gasteiger partial charge in [0.2, 0.25) is 0 Å². The second-order valence-electron chi connectivity index (χ2n) is 2.63. The molecule has 0 aromatic heterocycles. The van der Waals surface area contributed by atoms with Crippen molar-refractivity contribution in [3.8, 4) is 0 Å². The van der Waals surface area contributed by atoms with Crippen molar-refractivity contribution in [2.75, 3.05) is 26.4 Å². The zero-order valence-electron chi connectivity index (χ0n) is 8.07. The van der Waals surface area contributed by atoms with Gasteiger partial charge >= 0.3 is 0 Å². The normalized spacial score (nSPS) is 17.4. The van der Waals surface area contributed by atoms with E-state index in [9.17, 15) is 4.79 Å². The predicted molar refractivity (Wildman–Crippen MR) is 48.6 cm³/mol. The summed E-state index contributed by atoms with van der Waals surface area (Å²) in [6, 6.07) is 0. The van der Waals surface area contributed by atoms with E-state index in [1.807, 2.05) is 0 Å². The number of carbonyl (C=O) groups excluding carboxylic acids is 1. The molecule has 78 valence electrons. The molecule has 0 saturated carbocycles. The van der Waals surface area contributed by atoms with Gasteiger partial charge in [0, 0.05) is 19.8 Å². The Labute approximate surface area is 78.8 Å². The van der Waals surface area contributed by atoms with Crippen LogP contribution in [-0.2, 0) is 14.3 Å². The number of aliphatic hydroxyl groups excluding tert-OH is 1. The maximum absolute atomic E-state index is 9.89. The third kappa shape index (κ3) is 7.90. The fourth-order valence-corrected chi connectivity index (χ4v) is 1.02. The van der Waals surface area contributed by atoms with Crippen LogP contribution in [0.2, 0.25) is 0 Å². The van der Waals surface area contributed by atoms with Gasteiger partial charge in [-0.1, -0.05) is 0 Å². The lowest BCUT2D eigenvalue weighted by Gasteiger charge is -2.20. The monoisotopic (exact) mass is 190 g/mol. The standard InChI is InChI=1S/C7H12O3.C2H6O/c8-3-6-10-7-1-4-9-5-2-7;1-2-3/h3,7H,1-2,4-6H2;3H,2H2,1H3. The maximum atomic E-state index is 9.89. The molecule has 4 nitrogen and oxygen atoms in total. The van der Waals surface area contributed by atoms with Gasteiger partial charge in [0.25, 0.3) is 0 Å². The zero-order valence-corrected chi connectivity index (χ0v) is 8.07. The van der Waals surface area contributed by atoms with E-state index < -0.39 is 0 Å². The highest BCUT2D eigenvalue weighted by molar-refractivity contribution is 5.50. The summed E-state index contributed by atoms with van der Waals surface area (Å²) < 4.78 is 10.3. The molecule has 0 aliphatic carbocycles. The lowest BCUT2D eigenvalue weighted by molar-refractivity contribution is -0.116. The minimum atomic E-state index is 0.227. The van der Waals surface area contributed by atoms with Gasteiger partial charge in [-0.25, -0.2) is 0 Å². The van der Waals surface area contributed by atoms with Crippen LogP contribution in [0.5, 0.6) is 0 Å². The van der Waals surface area contributed by atoms with Crippen LogP contribution in [0.1, 0.15) is 19.8 Å². The highest BCUT2D eigenvalue weighted by Gasteiger charge is 2.12. The van der Waals surface area contributed by atoms with Crippen LogP contribution >= 0.6 is 0 Å². The number of rotatable bonds is 3. The van der Waals surface area contributed by atoms with Gasteiger partial charge in [-0.15, -0.1) is 0 Å². The average Bonchev–Trinajstić information content (AvgIpc) is 2.18. The molecule has 1 rings (SSSR count). The van der Waals surface area contributed by atoms with Crippen molar-refractivity contribution >= 4 is 6.29 Å². The molecule has 0 aromatic rings. The molecule has 1 aliphatic rings. The van der Waals surface area contributed by atoms with Crippen LogP contribution in [-0.4, -0.2) is 43.9 Å². The molecule has 1 N–H and O–H groups in total. The number of aldehydes is 1. The Hall–Kier alpha value is -0.450. The van der Waals surface area contributed by atoms with E-state index >= 15 is 0 Å². The number of ether oxygens (including phenoxy) is 2. The molecule has 0 aromatic carbocycles. The molecule has 13 heavy (non-hydrogen) atoms. The molecule has 1 fully saturated rings. The Balaban J connectivity index is 0.000000424. The molecule has 4 heteroatoms. The van der Waals surface area contributed by atoms with E-state index in [1.165, 1.54) is 0 Å². The van der Waals surface area contributed by atoms with Gasteiger partial charge in [0.1, 0.15) is 12.9 Å². The van der Waals surface area contributed by atoms with Gasteiger partial charge in [-0.3, -0.25) is 0 Å². The summed E-state index contributed by atoms with van der Waals surface area (Å²) in [5, 5.41) is 7.57. The SMILES string of the molecule is CCO.O=CCOC1CCOCC1. The second kappa shape index (κ2) is 9.64. The summed E-state index contributed by atoms with van der Waals surface area (Å²) in [7, 11) is 0. The molecule has 0 radical (unpaired) electrons. The van der Waals surface area contributed by atoms with Gasteiger partial charge in [0.05, 0.1) is 6.10 Å². The van der Waals surface area contributed by atoms with Gasteiger partial charge in [-0.05, 0) is 19.8 Å². The third-order valence-corrected chi connectivity index (χ3v) is 1.57. The van der Waals surface area contributed by atoms with Crippen molar-refractivity contribution in [3.63, 3.8) is 0 Å². The largest absolute Gasteiger partial charge is 0.397 e. The lowest BCUT2D eigenvalue weighted by Crippen LogP contribution is -2.23. The van der Waals surface area contributed by atoms with E-state index in [1.54, 1.807) is 6.92 Å². The Bertz CT molecular complexity index is 110. The third-order valence-electron chi connectivity index (χ3n) is 1.57. The number of hydrogen-bond acceptors (Lipinski definition) is 4. The summed E-state index contributed by atoms with van der Waals surface area (Å²) in [5.74, 6) is 0. The minimum absolute atomic E-state index is 0.227. The molecule has 0 unspecified atom stereocenters. The van der Waals surface area contributed by atoms with Crippen LogP contribution in [0, 0.1) is 0 Å². The Morgan fingerprint density at radius 3 is 2.54 bits per heavy atom. The van der Waals surface area contributed by atoms with Gasteiger partial charge in [-0.2, -0.15) is 0 Å². The first kappa shape index (κ1) is 12.6. The summed E-state index contributed by atoms with van der Waals surface area (Å²) in [6.45, 7) is 3.69. The first-order valence-electron chi connectivity index (χ1n) is 4.59. The molecule has 0 amide bonds. The molecule has 0 bridgehead atoms. The fourth-order valence-electron chi connectivity index (χ4n) is 1.02. The summed E-state index contributed by atoms with van der Waals surface area (Å²) in [5.41, 5.74) is 0. The first-order valence-corrected chi connectivity index (χ1v) is 4.59. The van der Waals surface area contributed by atoms with E-state index in [4.69, 9.17) is 14.6 Å². The molecular weight excluding hydrogens is 172 g/mol. The van der Waals surface area contributed by atoms with Crippen LogP contribution in [0.25, 0.3) is 0 Å². The molecular formula is C9H18O4. The Kier molecular flexibility index (Phi) is 9.30.